The number of hydrazone groups is 1. The number of rotatable bonds is 5. The molecule has 0 aromatic heterocycles. The van der Waals surface area contributed by atoms with E-state index < -0.39 is 0 Å². The first kappa shape index (κ1) is 15.0. The summed E-state index contributed by atoms with van der Waals surface area (Å²) < 4.78 is 0. The highest BCUT2D eigenvalue weighted by atomic mass is 16.2. The van der Waals surface area contributed by atoms with Gasteiger partial charge in [0, 0.05) is 0 Å². The van der Waals surface area contributed by atoms with E-state index in [9.17, 15) is 4.79 Å². The van der Waals surface area contributed by atoms with Crippen molar-refractivity contribution in [2.24, 2.45) is 5.10 Å². The van der Waals surface area contributed by atoms with Crippen molar-refractivity contribution in [1.29, 1.82) is 0 Å². The van der Waals surface area contributed by atoms with Gasteiger partial charge in [-0.3, -0.25) is 4.79 Å². The molecule has 108 valence electrons. The number of carbonyl (C=O) groups is 1. The van der Waals surface area contributed by atoms with Crippen LogP contribution < -0.4 is 5.43 Å². The molecule has 2 aromatic carbocycles. The molecule has 0 saturated heterocycles. The molecule has 21 heavy (non-hydrogen) atoms. The molecule has 0 aliphatic heterocycles. The zero-order chi connectivity index (χ0) is 15.1. The maximum Gasteiger partial charge on any atom is 0.244 e. The molecule has 0 aliphatic carbocycles. The fourth-order valence-corrected chi connectivity index (χ4v) is 1.97. The summed E-state index contributed by atoms with van der Waals surface area (Å²) >= 11 is 0. The van der Waals surface area contributed by atoms with Gasteiger partial charge in [-0.15, -0.1) is 0 Å². The number of nitrogens with one attached hydrogen (secondary N) is 1. The van der Waals surface area contributed by atoms with E-state index in [0.29, 0.717) is 12.3 Å². The Morgan fingerprint density at radius 3 is 2.38 bits per heavy atom. The topological polar surface area (TPSA) is 41.5 Å². The summed E-state index contributed by atoms with van der Waals surface area (Å²) in [7, 11) is 0. The van der Waals surface area contributed by atoms with Crippen LogP contribution in [0.1, 0.15) is 36.5 Å². The molecule has 0 aliphatic rings. The van der Waals surface area contributed by atoms with E-state index in [1.54, 1.807) is 6.21 Å². The molecular formula is C18H20N2O. The van der Waals surface area contributed by atoms with Crippen molar-refractivity contribution in [2.75, 3.05) is 0 Å². The number of hydrogen-bond donors (Lipinski definition) is 1. The maximum absolute atomic E-state index is 11.7. The minimum atomic E-state index is -0.115. The molecule has 0 unspecified atom stereocenters. The Bertz CT molecular complexity index is 601. The third-order valence-corrected chi connectivity index (χ3v) is 3.21. The van der Waals surface area contributed by atoms with Crippen LogP contribution in [0.15, 0.2) is 59.7 Å². The lowest BCUT2D eigenvalue weighted by Crippen LogP contribution is -2.19. The van der Waals surface area contributed by atoms with E-state index in [4.69, 9.17) is 0 Å². The lowest BCUT2D eigenvalue weighted by atomic mass is 10.0. The summed E-state index contributed by atoms with van der Waals surface area (Å²) in [5.74, 6) is 0.401. The molecule has 0 heterocycles. The minimum absolute atomic E-state index is 0.115. The van der Waals surface area contributed by atoms with Crippen LogP contribution in [-0.4, -0.2) is 12.1 Å². The van der Waals surface area contributed by atoms with Gasteiger partial charge in [0.1, 0.15) is 0 Å². The van der Waals surface area contributed by atoms with Crippen LogP contribution in [0.25, 0.3) is 0 Å². The van der Waals surface area contributed by atoms with Crippen molar-refractivity contribution < 1.29 is 4.79 Å². The predicted octanol–water partition coefficient (Wildman–Crippen LogP) is 3.50. The smallest absolute Gasteiger partial charge is 0.244 e. The third kappa shape index (κ3) is 4.88. The largest absolute Gasteiger partial charge is 0.273 e. The normalized spacial score (nSPS) is 11.0. The molecule has 0 spiro atoms. The summed E-state index contributed by atoms with van der Waals surface area (Å²) in [5, 5.41) is 3.99. The first-order valence-corrected chi connectivity index (χ1v) is 7.11. The molecule has 0 bridgehead atoms. The van der Waals surface area contributed by atoms with Crippen LogP contribution in [0, 0.1) is 0 Å². The zero-order valence-electron chi connectivity index (χ0n) is 12.4. The van der Waals surface area contributed by atoms with Crippen LogP contribution in [0.2, 0.25) is 0 Å². The van der Waals surface area contributed by atoms with E-state index in [-0.39, 0.29) is 5.91 Å². The minimum Gasteiger partial charge on any atom is -0.273 e. The summed E-state index contributed by atoms with van der Waals surface area (Å²) in [6, 6.07) is 17.8. The van der Waals surface area contributed by atoms with Crippen molar-refractivity contribution >= 4 is 12.1 Å². The van der Waals surface area contributed by atoms with Crippen LogP contribution in [0.5, 0.6) is 0 Å². The van der Waals surface area contributed by atoms with Gasteiger partial charge in [0.15, 0.2) is 0 Å². The molecule has 2 rings (SSSR count). The number of nitrogens with zero attached hydrogens (tertiary/aromatic N) is 1. The lowest BCUT2D eigenvalue weighted by Gasteiger charge is -2.04. The second kappa shape index (κ2) is 7.39. The summed E-state index contributed by atoms with van der Waals surface area (Å²) in [4.78, 5) is 11.7. The van der Waals surface area contributed by atoms with Gasteiger partial charge in [-0.1, -0.05) is 68.4 Å². The number of amides is 1. The number of hydrogen-bond acceptors (Lipinski definition) is 2. The van der Waals surface area contributed by atoms with Gasteiger partial charge in [0.25, 0.3) is 0 Å². The van der Waals surface area contributed by atoms with Crippen molar-refractivity contribution in [3.8, 4) is 0 Å². The molecule has 0 atom stereocenters. The Morgan fingerprint density at radius 2 is 1.76 bits per heavy atom. The highest BCUT2D eigenvalue weighted by Crippen LogP contribution is 2.13. The molecule has 0 radical (unpaired) electrons. The average molecular weight is 280 g/mol. The Balaban J connectivity index is 1.86. The monoisotopic (exact) mass is 280 g/mol. The standard InChI is InChI=1S/C18H20N2O/c1-14(2)17-10-8-16(9-11-17)13-19-20-18(21)12-15-6-4-3-5-7-15/h3-11,13-14H,12H2,1-2H3,(H,20,21)/b19-13-. The first-order chi connectivity index (χ1) is 10.1. The second-order valence-electron chi connectivity index (χ2n) is 5.28. The summed E-state index contributed by atoms with van der Waals surface area (Å²) in [5.41, 5.74) is 5.79. The van der Waals surface area contributed by atoms with E-state index in [1.165, 1.54) is 5.56 Å². The predicted molar refractivity (Wildman–Crippen MR) is 86.4 cm³/mol. The highest BCUT2D eigenvalue weighted by Gasteiger charge is 2.01. The molecule has 0 fully saturated rings. The Labute approximate surface area is 125 Å². The molecule has 3 heteroatoms. The van der Waals surface area contributed by atoms with Crippen molar-refractivity contribution in [3.05, 3.63) is 71.3 Å². The van der Waals surface area contributed by atoms with Gasteiger partial charge in [-0.2, -0.15) is 5.10 Å². The fraction of sp³-hybridized carbons (Fsp3) is 0.222. The van der Waals surface area contributed by atoms with Crippen LogP contribution >= 0.6 is 0 Å². The summed E-state index contributed by atoms with van der Waals surface area (Å²) in [6.45, 7) is 4.32. The number of benzene rings is 2. The Morgan fingerprint density at radius 1 is 1.10 bits per heavy atom. The van der Waals surface area contributed by atoms with Gasteiger partial charge < -0.3 is 0 Å². The van der Waals surface area contributed by atoms with E-state index in [0.717, 1.165) is 11.1 Å². The van der Waals surface area contributed by atoms with Crippen molar-refractivity contribution in [1.82, 2.24) is 5.43 Å². The van der Waals surface area contributed by atoms with Crippen LogP contribution in [0.4, 0.5) is 0 Å². The Hall–Kier alpha value is -2.42. The SMILES string of the molecule is CC(C)c1ccc(/C=N\NC(=O)Cc2ccccc2)cc1. The summed E-state index contributed by atoms with van der Waals surface area (Å²) in [6.07, 6.45) is 2.00. The molecular weight excluding hydrogens is 260 g/mol. The number of carbonyl (C=O) groups excluding carboxylic acids is 1. The molecule has 2 aromatic rings. The molecule has 1 N–H and O–H groups in total. The maximum atomic E-state index is 11.7. The zero-order valence-corrected chi connectivity index (χ0v) is 12.4. The van der Waals surface area contributed by atoms with Gasteiger partial charge >= 0.3 is 0 Å². The lowest BCUT2D eigenvalue weighted by molar-refractivity contribution is -0.120. The average Bonchev–Trinajstić information content (AvgIpc) is 2.49. The van der Waals surface area contributed by atoms with Gasteiger partial charge in [-0.25, -0.2) is 5.43 Å². The van der Waals surface area contributed by atoms with Crippen LogP contribution in [-0.2, 0) is 11.2 Å². The fourth-order valence-electron chi connectivity index (χ4n) is 1.97. The third-order valence-electron chi connectivity index (χ3n) is 3.21. The van der Waals surface area contributed by atoms with Gasteiger partial charge in [-0.05, 0) is 22.6 Å². The van der Waals surface area contributed by atoms with E-state index >= 15 is 0 Å². The van der Waals surface area contributed by atoms with E-state index in [1.807, 2.05) is 42.5 Å². The highest BCUT2D eigenvalue weighted by molar-refractivity contribution is 5.83. The Kier molecular flexibility index (Phi) is 5.27. The molecule has 0 saturated carbocycles. The van der Waals surface area contributed by atoms with Crippen LogP contribution in [0.3, 0.4) is 0 Å². The molecule has 1 amide bonds. The quantitative estimate of drug-likeness (QED) is 0.661. The van der Waals surface area contributed by atoms with E-state index in [2.05, 4.69) is 36.5 Å². The van der Waals surface area contributed by atoms with Crippen molar-refractivity contribution in [3.63, 3.8) is 0 Å². The van der Waals surface area contributed by atoms with Gasteiger partial charge in [0.2, 0.25) is 5.91 Å². The second-order valence-corrected chi connectivity index (χ2v) is 5.28. The van der Waals surface area contributed by atoms with Crippen molar-refractivity contribution in [2.45, 2.75) is 26.2 Å². The first-order valence-electron chi connectivity index (χ1n) is 7.11. The van der Waals surface area contributed by atoms with Gasteiger partial charge in [0.05, 0.1) is 12.6 Å². The molecule has 3 nitrogen and oxygen atoms in total.